The Morgan fingerprint density at radius 3 is 2.80 bits per heavy atom. The number of hydrogen-bond donors (Lipinski definition) is 2. The highest BCUT2D eigenvalue weighted by Crippen LogP contribution is 2.54. The maximum Gasteiger partial charge on any atom is 0.279 e. The molecule has 1 saturated heterocycles. The number of alkyl halides is 2. The summed E-state index contributed by atoms with van der Waals surface area (Å²) in [7, 11) is 0. The predicted molar refractivity (Wildman–Crippen MR) is 103 cm³/mol. The van der Waals surface area contributed by atoms with Crippen molar-refractivity contribution in [1.82, 2.24) is 20.1 Å². The van der Waals surface area contributed by atoms with E-state index >= 15 is 0 Å². The number of nitrogens with zero attached hydrogens (tertiary/aromatic N) is 3. The van der Waals surface area contributed by atoms with E-state index in [0.29, 0.717) is 17.7 Å². The number of fused-ring (bicyclic) bond motifs is 2. The van der Waals surface area contributed by atoms with E-state index in [4.69, 9.17) is 0 Å². The molecule has 2 unspecified atom stereocenters. The van der Waals surface area contributed by atoms with Crippen LogP contribution in [0.1, 0.15) is 46.2 Å². The van der Waals surface area contributed by atoms with Crippen LogP contribution in [-0.2, 0) is 10.2 Å². The molecule has 0 radical (unpaired) electrons. The van der Waals surface area contributed by atoms with E-state index in [0.717, 1.165) is 11.6 Å². The van der Waals surface area contributed by atoms with Crippen LogP contribution in [0.4, 0.5) is 14.5 Å². The van der Waals surface area contributed by atoms with Crippen molar-refractivity contribution in [1.29, 1.82) is 0 Å². The molecular formula is C21H17F2N5O2. The van der Waals surface area contributed by atoms with Crippen molar-refractivity contribution in [2.75, 3.05) is 11.9 Å². The number of H-pyrrole nitrogens is 1. The minimum Gasteiger partial charge on any atom is -0.329 e. The number of likely N-dealkylation sites (tertiary alicyclic amines) is 1. The summed E-state index contributed by atoms with van der Waals surface area (Å²) < 4.78 is 25.9. The number of nitrogens with one attached hydrogen (secondary N) is 2. The second kappa shape index (κ2) is 6.72. The number of carbonyl (C=O) groups is 2. The van der Waals surface area contributed by atoms with Gasteiger partial charge in [-0.3, -0.25) is 19.7 Å². The number of benzene rings is 1. The third-order valence-electron chi connectivity index (χ3n) is 5.90. The van der Waals surface area contributed by atoms with E-state index in [2.05, 4.69) is 20.5 Å². The summed E-state index contributed by atoms with van der Waals surface area (Å²) in [6.45, 7) is 0.275. The maximum atomic E-state index is 13.3. The average Bonchev–Trinajstić information content (AvgIpc) is 3.46. The van der Waals surface area contributed by atoms with Gasteiger partial charge in [-0.05, 0) is 35.7 Å². The molecule has 4 heterocycles. The molecule has 152 valence electrons. The molecule has 3 aromatic rings. The maximum absolute atomic E-state index is 13.3. The average molecular weight is 409 g/mol. The van der Waals surface area contributed by atoms with E-state index in [1.807, 2.05) is 30.3 Å². The first-order chi connectivity index (χ1) is 14.5. The van der Waals surface area contributed by atoms with E-state index in [1.54, 1.807) is 18.5 Å². The summed E-state index contributed by atoms with van der Waals surface area (Å²) in [5.74, 6) is -0.704. The summed E-state index contributed by atoms with van der Waals surface area (Å²) in [4.78, 5) is 32.2. The summed E-state index contributed by atoms with van der Waals surface area (Å²) in [6.07, 6.45) is 0.877. The Balaban J connectivity index is 1.63. The second-order valence-corrected chi connectivity index (χ2v) is 7.42. The number of halogens is 2. The molecular weight excluding hydrogens is 392 g/mol. The molecule has 0 bridgehead atoms. The van der Waals surface area contributed by atoms with Gasteiger partial charge >= 0.3 is 0 Å². The summed E-state index contributed by atoms with van der Waals surface area (Å²) >= 11 is 0. The number of amides is 2. The molecule has 30 heavy (non-hydrogen) atoms. The molecule has 2 atom stereocenters. The lowest BCUT2D eigenvalue weighted by atomic mass is 9.73. The summed E-state index contributed by atoms with van der Waals surface area (Å²) in [5, 5.41) is 8.92. The fourth-order valence-corrected chi connectivity index (χ4v) is 4.61. The largest absolute Gasteiger partial charge is 0.329 e. The van der Waals surface area contributed by atoms with Gasteiger partial charge in [-0.15, -0.1) is 0 Å². The SMILES string of the molecule is O=C(c1cc(C(F)F)[nH]n1)N1CCC2(C(=O)Nc3ccccc32)C1c1cccnc1. The molecule has 9 heteroatoms. The molecule has 2 aromatic heterocycles. The third kappa shape index (κ3) is 2.54. The molecule has 0 aliphatic carbocycles. The van der Waals surface area contributed by atoms with Crippen LogP contribution in [0.5, 0.6) is 0 Å². The summed E-state index contributed by atoms with van der Waals surface area (Å²) in [5.41, 5.74) is 0.703. The quantitative estimate of drug-likeness (QED) is 0.695. The van der Waals surface area contributed by atoms with Crippen LogP contribution in [-0.4, -0.2) is 38.4 Å². The smallest absolute Gasteiger partial charge is 0.279 e. The molecule has 2 aliphatic heterocycles. The fourth-order valence-electron chi connectivity index (χ4n) is 4.61. The lowest BCUT2D eigenvalue weighted by molar-refractivity contribution is -0.121. The first kappa shape index (κ1) is 18.4. The van der Waals surface area contributed by atoms with Crippen LogP contribution in [0.3, 0.4) is 0 Å². The van der Waals surface area contributed by atoms with Gasteiger partial charge in [0, 0.05) is 24.6 Å². The number of anilines is 1. The van der Waals surface area contributed by atoms with Crippen molar-refractivity contribution in [2.24, 2.45) is 0 Å². The zero-order valence-corrected chi connectivity index (χ0v) is 15.7. The molecule has 7 nitrogen and oxygen atoms in total. The predicted octanol–water partition coefficient (Wildman–Crippen LogP) is 3.22. The van der Waals surface area contributed by atoms with Crippen molar-refractivity contribution in [3.05, 3.63) is 77.4 Å². The Bertz CT molecular complexity index is 1130. The standard InChI is InChI=1S/C21H17F2N5O2/c22-18(23)15-10-16(27-26-15)19(29)28-9-7-21(17(28)12-4-3-8-24-11-12)13-5-1-2-6-14(13)25-20(21)30/h1-6,8,10-11,17-18H,7,9H2,(H,25,30)(H,26,27). The first-order valence-corrected chi connectivity index (χ1v) is 9.47. The second-order valence-electron chi connectivity index (χ2n) is 7.42. The van der Waals surface area contributed by atoms with Gasteiger partial charge in [-0.2, -0.15) is 5.10 Å². The van der Waals surface area contributed by atoms with Gasteiger partial charge in [0.15, 0.2) is 5.69 Å². The van der Waals surface area contributed by atoms with Crippen LogP contribution in [0.2, 0.25) is 0 Å². The van der Waals surface area contributed by atoms with E-state index in [1.165, 1.54) is 4.90 Å². The number of aromatic amines is 1. The highest BCUT2D eigenvalue weighted by Gasteiger charge is 2.59. The molecule has 5 rings (SSSR count). The van der Waals surface area contributed by atoms with E-state index in [9.17, 15) is 18.4 Å². The third-order valence-corrected chi connectivity index (χ3v) is 5.90. The number of aromatic nitrogens is 3. The Hall–Kier alpha value is -3.62. The summed E-state index contributed by atoms with van der Waals surface area (Å²) in [6, 6.07) is 11.4. The van der Waals surface area contributed by atoms with Crippen LogP contribution in [0.15, 0.2) is 54.9 Å². The van der Waals surface area contributed by atoms with Crippen molar-refractivity contribution in [3.8, 4) is 0 Å². The number of hydrogen-bond acceptors (Lipinski definition) is 4. The molecule has 1 spiro atoms. The Labute approximate surface area is 170 Å². The Morgan fingerprint density at radius 2 is 2.07 bits per heavy atom. The highest BCUT2D eigenvalue weighted by molar-refractivity contribution is 6.08. The minimum atomic E-state index is -2.76. The number of para-hydroxylation sites is 1. The van der Waals surface area contributed by atoms with Crippen molar-refractivity contribution in [2.45, 2.75) is 24.3 Å². The van der Waals surface area contributed by atoms with Gasteiger partial charge in [0.2, 0.25) is 5.91 Å². The van der Waals surface area contributed by atoms with Gasteiger partial charge in [0.05, 0.1) is 6.04 Å². The monoisotopic (exact) mass is 409 g/mol. The van der Waals surface area contributed by atoms with Crippen LogP contribution < -0.4 is 5.32 Å². The fraction of sp³-hybridized carbons (Fsp3) is 0.238. The Morgan fingerprint density at radius 1 is 1.23 bits per heavy atom. The topological polar surface area (TPSA) is 91.0 Å². The molecule has 1 aromatic carbocycles. The highest BCUT2D eigenvalue weighted by atomic mass is 19.3. The molecule has 1 fully saturated rings. The lowest BCUT2D eigenvalue weighted by Crippen LogP contribution is -2.42. The van der Waals surface area contributed by atoms with Gasteiger partial charge in [-0.1, -0.05) is 24.3 Å². The van der Waals surface area contributed by atoms with Crippen LogP contribution >= 0.6 is 0 Å². The van der Waals surface area contributed by atoms with Gasteiger partial charge in [0.1, 0.15) is 11.1 Å². The van der Waals surface area contributed by atoms with E-state index in [-0.39, 0.29) is 18.1 Å². The number of rotatable bonds is 3. The number of carbonyl (C=O) groups excluding carboxylic acids is 2. The number of pyridine rings is 1. The van der Waals surface area contributed by atoms with Crippen molar-refractivity contribution < 1.29 is 18.4 Å². The van der Waals surface area contributed by atoms with E-state index < -0.39 is 29.5 Å². The zero-order valence-electron chi connectivity index (χ0n) is 15.7. The first-order valence-electron chi connectivity index (χ1n) is 9.47. The van der Waals surface area contributed by atoms with Crippen LogP contribution in [0, 0.1) is 0 Å². The molecule has 2 aliphatic rings. The molecule has 2 N–H and O–H groups in total. The lowest BCUT2D eigenvalue weighted by Gasteiger charge is -2.33. The van der Waals surface area contributed by atoms with Gasteiger partial charge < -0.3 is 10.2 Å². The zero-order chi connectivity index (χ0) is 20.9. The van der Waals surface area contributed by atoms with Gasteiger partial charge in [-0.25, -0.2) is 8.78 Å². The van der Waals surface area contributed by atoms with Crippen molar-refractivity contribution in [3.63, 3.8) is 0 Å². The minimum absolute atomic E-state index is 0.108. The molecule has 2 amide bonds. The normalized spacial score (nSPS) is 22.6. The Kier molecular flexibility index (Phi) is 4.12. The van der Waals surface area contributed by atoms with Gasteiger partial charge in [0.25, 0.3) is 12.3 Å². The molecule has 0 saturated carbocycles. The van der Waals surface area contributed by atoms with Crippen molar-refractivity contribution >= 4 is 17.5 Å². The van der Waals surface area contributed by atoms with Crippen LogP contribution in [0.25, 0.3) is 0 Å².